The van der Waals surface area contributed by atoms with Gasteiger partial charge in [-0.1, -0.05) is 35.9 Å². The SMILES string of the molecule is Oc1ccccc1[C@H]1CC(c2ccc3c(c2)OCO3)=N[C@H](c2c(F)cccc2Cl)N1. The van der Waals surface area contributed by atoms with Crippen LogP contribution in [0.3, 0.4) is 0 Å². The van der Waals surface area contributed by atoms with Crippen molar-refractivity contribution in [2.24, 2.45) is 4.99 Å². The van der Waals surface area contributed by atoms with Crippen molar-refractivity contribution in [1.82, 2.24) is 5.32 Å². The van der Waals surface area contributed by atoms with Gasteiger partial charge in [-0.3, -0.25) is 10.3 Å². The first-order valence-corrected chi connectivity index (χ1v) is 9.92. The molecular formula is C23H18ClFN2O3. The van der Waals surface area contributed by atoms with Crippen LogP contribution >= 0.6 is 11.6 Å². The number of para-hydroxylation sites is 1. The van der Waals surface area contributed by atoms with Gasteiger partial charge in [-0.15, -0.1) is 0 Å². The Labute approximate surface area is 177 Å². The van der Waals surface area contributed by atoms with Gasteiger partial charge in [0.1, 0.15) is 17.7 Å². The number of fused-ring (bicyclic) bond motifs is 1. The van der Waals surface area contributed by atoms with Crippen LogP contribution in [0.25, 0.3) is 0 Å². The maximum Gasteiger partial charge on any atom is 0.231 e. The molecule has 2 N–H and O–H groups in total. The van der Waals surface area contributed by atoms with Crippen LogP contribution in [0.5, 0.6) is 17.2 Å². The first-order chi connectivity index (χ1) is 14.6. The van der Waals surface area contributed by atoms with E-state index in [1.54, 1.807) is 24.3 Å². The van der Waals surface area contributed by atoms with Crippen molar-refractivity contribution in [3.8, 4) is 17.2 Å². The van der Waals surface area contributed by atoms with E-state index in [4.69, 9.17) is 26.1 Å². The third kappa shape index (κ3) is 3.38. The monoisotopic (exact) mass is 424 g/mol. The molecule has 5 rings (SSSR count). The lowest BCUT2D eigenvalue weighted by Crippen LogP contribution is -2.33. The highest BCUT2D eigenvalue weighted by molar-refractivity contribution is 6.31. The Morgan fingerprint density at radius 1 is 1.03 bits per heavy atom. The topological polar surface area (TPSA) is 63.1 Å². The van der Waals surface area contributed by atoms with Crippen molar-refractivity contribution >= 4 is 17.3 Å². The predicted molar refractivity (Wildman–Crippen MR) is 112 cm³/mol. The third-order valence-electron chi connectivity index (χ3n) is 5.33. The van der Waals surface area contributed by atoms with E-state index in [0.717, 1.165) is 11.3 Å². The molecular weight excluding hydrogens is 407 g/mol. The zero-order valence-corrected chi connectivity index (χ0v) is 16.6. The van der Waals surface area contributed by atoms with Crippen molar-refractivity contribution in [3.63, 3.8) is 0 Å². The molecule has 3 aromatic carbocycles. The minimum Gasteiger partial charge on any atom is -0.508 e. The molecule has 2 aliphatic heterocycles. The van der Waals surface area contributed by atoms with Crippen LogP contribution in [0.15, 0.2) is 65.7 Å². The predicted octanol–water partition coefficient (Wildman–Crippen LogP) is 5.14. The van der Waals surface area contributed by atoms with Crippen molar-refractivity contribution < 1.29 is 19.0 Å². The van der Waals surface area contributed by atoms with Crippen molar-refractivity contribution in [2.45, 2.75) is 18.6 Å². The fourth-order valence-corrected chi connectivity index (χ4v) is 4.13. The molecule has 0 unspecified atom stereocenters. The number of rotatable bonds is 3. The molecule has 0 spiro atoms. The largest absolute Gasteiger partial charge is 0.508 e. The molecule has 0 aliphatic carbocycles. The van der Waals surface area contributed by atoms with Crippen molar-refractivity contribution in [1.29, 1.82) is 0 Å². The lowest BCUT2D eigenvalue weighted by atomic mass is 9.93. The number of phenols is 1. The van der Waals surface area contributed by atoms with Crippen LogP contribution in [-0.2, 0) is 0 Å². The van der Waals surface area contributed by atoms with Gasteiger partial charge in [-0.05, 0) is 42.0 Å². The van der Waals surface area contributed by atoms with E-state index in [9.17, 15) is 9.50 Å². The van der Waals surface area contributed by atoms with Gasteiger partial charge in [-0.25, -0.2) is 4.39 Å². The Morgan fingerprint density at radius 3 is 2.70 bits per heavy atom. The Kier molecular flexibility index (Phi) is 4.81. The molecule has 5 nitrogen and oxygen atoms in total. The minimum absolute atomic E-state index is 0.167. The van der Waals surface area contributed by atoms with Crippen LogP contribution < -0.4 is 14.8 Å². The molecule has 3 aromatic rings. The van der Waals surface area contributed by atoms with Crippen LogP contribution in [0.4, 0.5) is 4.39 Å². The van der Waals surface area contributed by atoms with Crippen LogP contribution in [0.1, 0.15) is 35.3 Å². The Morgan fingerprint density at radius 2 is 1.87 bits per heavy atom. The molecule has 2 atom stereocenters. The lowest BCUT2D eigenvalue weighted by Gasteiger charge is -2.31. The van der Waals surface area contributed by atoms with Gasteiger partial charge in [0.15, 0.2) is 11.5 Å². The quantitative estimate of drug-likeness (QED) is 0.611. The normalized spacial score (nSPS) is 20.1. The Bertz CT molecular complexity index is 1130. The van der Waals surface area contributed by atoms with Crippen molar-refractivity contribution in [3.05, 3.63) is 88.2 Å². The maximum absolute atomic E-state index is 14.7. The molecule has 2 aliphatic rings. The zero-order chi connectivity index (χ0) is 20.7. The van der Waals surface area contributed by atoms with E-state index < -0.39 is 12.0 Å². The third-order valence-corrected chi connectivity index (χ3v) is 5.66. The molecule has 0 saturated carbocycles. The van der Waals surface area contributed by atoms with E-state index in [2.05, 4.69) is 5.32 Å². The molecule has 0 radical (unpaired) electrons. The zero-order valence-electron chi connectivity index (χ0n) is 15.8. The minimum atomic E-state index is -0.711. The van der Waals surface area contributed by atoms with Gasteiger partial charge in [-0.2, -0.15) is 0 Å². The summed E-state index contributed by atoms with van der Waals surface area (Å²) in [6, 6.07) is 17.0. The van der Waals surface area contributed by atoms with E-state index in [-0.39, 0.29) is 24.1 Å². The van der Waals surface area contributed by atoms with Gasteiger partial charge < -0.3 is 14.6 Å². The molecule has 2 heterocycles. The number of hydrogen-bond donors (Lipinski definition) is 2. The summed E-state index contributed by atoms with van der Waals surface area (Å²) in [5.41, 5.74) is 2.59. The molecule has 0 fully saturated rings. The number of aliphatic imine (C=N–C) groups is 1. The standard InChI is InChI=1S/C23H18ClFN2O3/c24-15-5-3-6-16(25)22(15)23-26-17(13-8-9-20-21(10-13)30-12-29-20)11-18(27-23)14-4-1-2-7-19(14)28/h1-10,18,23,27-28H,11-12H2/t18-,23+/m1/s1. The summed E-state index contributed by atoms with van der Waals surface area (Å²) in [5, 5.41) is 14.0. The van der Waals surface area contributed by atoms with Gasteiger partial charge in [0, 0.05) is 29.3 Å². The highest BCUT2D eigenvalue weighted by atomic mass is 35.5. The van der Waals surface area contributed by atoms with Crippen LogP contribution in [-0.4, -0.2) is 17.6 Å². The average molecular weight is 425 g/mol. The number of hydrogen-bond acceptors (Lipinski definition) is 5. The second kappa shape index (κ2) is 7.63. The molecule has 0 saturated heterocycles. The van der Waals surface area contributed by atoms with Gasteiger partial charge in [0.05, 0.1) is 5.02 Å². The summed E-state index contributed by atoms with van der Waals surface area (Å²) in [4.78, 5) is 4.78. The number of halogens is 2. The van der Waals surface area contributed by atoms with E-state index in [0.29, 0.717) is 28.5 Å². The maximum atomic E-state index is 14.7. The number of nitrogens with zero attached hydrogens (tertiary/aromatic N) is 1. The Hall–Kier alpha value is -3.09. The summed E-state index contributed by atoms with van der Waals surface area (Å²) in [6.07, 6.45) is -0.211. The number of benzene rings is 3. The highest BCUT2D eigenvalue weighted by Gasteiger charge is 2.30. The van der Waals surface area contributed by atoms with Crippen molar-refractivity contribution in [2.75, 3.05) is 6.79 Å². The van der Waals surface area contributed by atoms with E-state index in [1.807, 2.05) is 30.3 Å². The Balaban J connectivity index is 1.60. The summed E-state index contributed by atoms with van der Waals surface area (Å²) >= 11 is 6.32. The lowest BCUT2D eigenvalue weighted by molar-refractivity contribution is 0.174. The number of aromatic hydroxyl groups is 1. The van der Waals surface area contributed by atoms with Crippen LogP contribution in [0, 0.1) is 5.82 Å². The van der Waals surface area contributed by atoms with Gasteiger partial charge >= 0.3 is 0 Å². The second-order valence-electron chi connectivity index (χ2n) is 7.16. The number of ether oxygens (including phenoxy) is 2. The molecule has 0 amide bonds. The average Bonchev–Trinajstić information content (AvgIpc) is 3.22. The molecule has 7 heteroatoms. The highest BCUT2D eigenvalue weighted by Crippen LogP contribution is 2.39. The molecule has 30 heavy (non-hydrogen) atoms. The number of phenolic OH excluding ortho intramolecular Hbond substituents is 1. The number of nitrogens with one attached hydrogen (secondary N) is 1. The van der Waals surface area contributed by atoms with Crippen LogP contribution in [0.2, 0.25) is 5.02 Å². The second-order valence-corrected chi connectivity index (χ2v) is 7.57. The summed E-state index contributed by atoms with van der Waals surface area (Å²) < 4.78 is 25.6. The van der Waals surface area contributed by atoms with E-state index in [1.165, 1.54) is 6.07 Å². The molecule has 0 aromatic heterocycles. The fraction of sp³-hybridized carbons (Fsp3) is 0.174. The van der Waals surface area contributed by atoms with E-state index >= 15 is 0 Å². The fourth-order valence-electron chi connectivity index (χ4n) is 3.86. The summed E-state index contributed by atoms with van der Waals surface area (Å²) in [6.45, 7) is 0.181. The first kappa shape index (κ1) is 18.9. The smallest absolute Gasteiger partial charge is 0.231 e. The first-order valence-electron chi connectivity index (χ1n) is 9.54. The molecule has 0 bridgehead atoms. The summed E-state index contributed by atoms with van der Waals surface area (Å²) in [5.74, 6) is 1.06. The van der Waals surface area contributed by atoms with Gasteiger partial charge in [0.25, 0.3) is 0 Å². The summed E-state index contributed by atoms with van der Waals surface area (Å²) in [7, 11) is 0. The molecule has 152 valence electrons. The van der Waals surface area contributed by atoms with Gasteiger partial charge in [0.2, 0.25) is 6.79 Å².